The molecule has 2 aromatic heterocycles. The summed E-state index contributed by atoms with van der Waals surface area (Å²) in [7, 11) is 1.67. The SMILES string of the molecule is CCCCCNc1nc(I)nc2ccn(Cc3cc(CN4CCN(C(=O)CCNC(=O)[C@@H](CC(=O)O)SC[C@H](N)C(=O)O)CC4)ccc3OC)c12. The second-order valence-corrected chi connectivity index (χ2v) is 14.6. The predicted molar refractivity (Wildman–Crippen MR) is 204 cm³/mol. The highest BCUT2D eigenvalue weighted by atomic mass is 127. The van der Waals surface area contributed by atoms with Gasteiger partial charge in [-0.1, -0.05) is 25.8 Å². The number of anilines is 1. The minimum Gasteiger partial charge on any atom is -0.496 e. The van der Waals surface area contributed by atoms with Gasteiger partial charge in [0.2, 0.25) is 11.8 Å². The fourth-order valence-corrected chi connectivity index (χ4v) is 7.39. The first kappa shape index (κ1) is 40.1. The molecule has 2 atom stereocenters. The Morgan fingerprint density at radius 2 is 1.82 bits per heavy atom. The van der Waals surface area contributed by atoms with Gasteiger partial charge in [0.15, 0.2) is 9.65 Å². The van der Waals surface area contributed by atoms with Crippen LogP contribution in [0.1, 0.15) is 50.2 Å². The van der Waals surface area contributed by atoms with E-state index in [1.807, 2.05) is 18.3 Å². The van der Waals surface area contributed by atoms with Gasteiger partial charge in [-0.05, 0) is 30.2 Å². The van der Waals surface area contributed by atoms with E-state index < -0.39 is 35.6 Å². The number of hydrogen-bond acceptors (Lipinski definition) is 11. The summed E-state index contributed by atoms with van der Waals surface area (Å²) in [6.45, 7) is 6.83. The number of amides is 2. The maximum Gasteiger partial charge on any atom is 0.321 e. The minimum atomic E-state index is -1.23. The van der Waals surface area contributed by atoms with Crippen molar-refractivity contribution in [3.05, 3.63) is 45.4 Å². The Hall–Kier alpha value is -3.68. The summed E-state index contributed by atoms with van der Waals surface area (Å²) < 4.78 is 8.59. The molecule has 4 rings (SSSR count). The van der Waals surface area contributed by atoms with Gasteiger partial charge in [0, 0.05) is 92.3 Å². The van der Waals surface area contributed by atoms with Gasteiger partial charge in [-0.2, -0.15) is 0 Å². The molecule has 51 heavy (non-hydrogen) atoms. The quantitative estimate of drug-likeness (QED) is 0.0632. The number of carbonyl (C=O) groups is 4. The van der Waals surface area contributed by atoms with Crippen molar-refractivity contribution in [1.29, 1.82) is 0 Å². The molecule has 1 aliphatic rings. The van der Waals surface area contributed by atoms with Crippen molar-refractivity contribution >= 4 is 75.0 Å². The summed E-state index contributed by atoms with van der Waals surface area (Å²) in [6, 6.07) is 7.02. The molecule has 1 aliphatic heterocycles. The Morgan fingerprint density at radius 3 is 2.51 bits per heavy atom. The second-order valence-electron chi connectivity index (χ2n) is 12.4. The highest BCUT2D eigenvalue weighted by molar-refractivity contribution is 14.1. The third-order valence-corrected chi connectivity index (χ3v) is 10.4. The number of nitrogens with zero attached hydrogens (tertiary/aromatic N) is 5. The first-order valence-electron chi connectivity index (χ1n) is 17.0. The lowest BCUT2D eigenvalue weighted by molar-refractivity contribution is -0.138. The molecule has 1 aromatic carbocycles. The van der Waals surface area contributed by atoms with Gasteiger partial charge in [0.05, 0.1) is 30.8 Å². The molecule has 1 saturated heterocycles. The molecule has 3 heterocycles. The predicted octanol–water partition coefficient (Wildman–Crippen LogP) is 2.83. The van der Waals surface area contributed by atoms with E-state index in [4.69, 9.17) is 25.7 Å². The van der Waals surface area contributed by atoms with Gasteiger partial charge in [-0.3, -0.25) is 24.1 Å². The molecule has 0 unspecified atom stereocenters. The molecule has 15 nitrogen and oxygen atoms in total. The molecule has 0 saturated carbocycles. The molecular weight excluding hydrogens is 791 g/mol. The Morgan fingerprint density at radius 1 is 1.06 bits per heavy atom. The number of unbranched alkanes of at least 4 members (excludes halogenated alkanes) is 2. The Balaban J connectivity index is 1.30. The number of hydrogen-bond donors (Lipinski definition) is 5. The van der Waals surface area contributed by atoms with Gasteiger partial charge >= 0.3 is 11.9 Å². The number of aliphatic carboxylic acids is 2. The van der Waals surface area contributed by atoms with Crippen LogP contribution in [-0.2, 0) is 32.3 Å². The third kappa shape index (κ3) is 11.9. The molecule has 278 valence electrons. The van der Waals surface area contributed by atoms with Gasteiger partial charge in [-0.15, -0.1) is 11.8 Å². The number of piperazine rings is 1. The number of benzene rings is 1. The largest absolute Gasteiger partial charge is 0.496 e. The number of methoxy groups -OCH3 is 1. The van der Waals surface area contributed by atoms with Crippen molar-refractivity contribution in [3.63, 3.8) is 0 Å². The van der Waals surface area contributed by atoms with Crippen LogP contribution < -0.4 is 21.1 Å². The van der Waals surface area contributed by atoms with E-state index in [1.165, 1.54) is 0 Å². The van der Waals surface area contributed by atoms with Crippen molar-refractivity contribution in [3.8, 4) is 5.75 Å². The van der Waals surface area contributed by atoms with Crippen molar-refractivity contribution in [2.45, 2.75) is 63.4 Å². The Kier molecular flexibility index (Phi) is 15.6. The van der Waals surface area contributed by atoms with Crippen LogP contribution in [0.2, 0.25) is 0 Å². The zero-order valence-corrected chi connectivity index (χ0v) is 32.0. The van der Waals surface area contributed by atoms with E-state index in [0.29, 0.717) is 43.1 Å². The molecule has 2 amide bonds. The van der Waals surface area contributed by atoms with Crippen LogP contribution in [0.5, 0.6) is 5.75 Å². The summed E-state index contributed by atoms with van der Waals surface area (Å²) in [6.07, 6.45) is 5.00. The number of rotatable bonds is 20. The van der Waals surface area contributed by atoms with Crippen LogP contribution in [-0.4, -0.2) is 122 Å². The lowest BCUT2D eigenvalue weighted by Gasteiger charge is -2.35. The van der Waals surface area contributed by atoms with Crippen LogP contribution >= 0.6 is 34.4 Å². The molecule has 3 aromatic rings. The van der Waals surface area contributed by atoms with Gasteiger partial charge < -0.3 is 40.8 Å². The first-order chi connectivity index (χ1) is 24.5. The molecule has 17 heteroatoms. The summed E-state index contributed by atoms with van der Waals surface area (Å²) in [5.41, 5.74) is 9.50. The van der Waals surface area contributed by atoms with Crippen LogP contribution in [0.15, 0.2) is 30.5 Å². The van der Waals surface area contributed by atoms with E-state index in [1.54, 1.807) is 12.0 Å². The van der Waals surface area contributed by atoms with E-state index in [2.05, 4.69) is 66.7 Å². The number of carbonyl (C=O) groups excluding carboxylic acids is 2. The summed E-state index contributed by atoms with van der Waals surface area (Å²) in [4.78, 5) is 61.1. The standard InChI is InChI=1S/C34H47IN8O7S/c1-3-4-5-10-37-31-30-25(39-34(35)40-31)9-12-43(30)20-23-17-22(6-7-26(23)50-2)19-41-13-15-42(16-14-41)28(44)8-11-38-32(47)27(18-29(45)46)51-21-24(36)33(48)49/h6-7,9,12,17,24,27H,3-5,8,10-11,13-16,18-21,36H2,1-2H3,(H,38,47)(H,45,46)(H,48,49)(H,37,39,40)/t24-,27+/m0/s1. The summed E-state index contributed by atoms with van der Waals surface area (Å²) in [5, 5.41) is 23.3. The van der Waals surface area contributed by atoms with E-state index in [0.717, 1.165) is 71.3 Å². The zero-order valence-electron chi connectivity index (χ0n) is 29.0. The molecule has 1 fully saturated rings. The zero-order chi connectivity index (χ0) is 36.9. The van der Waals surface area contributed by atoms with E-state index in [-0.39, 0.29) is 24.6 Å². The molecule has 0 bridgehead atoms. The lowest BCUT2D eigenvalue weighted by Crippen LogP contribution is -2.49. The fourth-order valence-electron chi connectivity index (χ4n) is 5.81. The van der Waals surface area contributed by atoms with Gasteiger partial charge in [-0.25, -0.2) is 9.97 Å². The molecular formula is C34H47IN8O7S. The van der Waals surface area contributed by atoms with Crippen LogP contribution in [0.4, 0.5) is 5.82 Å². The second kappa shape index (κ2) is 19.8. The highest BCUT2D eigenvalue weighted by Gasteiger charge is 2.26. The van der Waals surface area contributed by atoms with Gasteiger partial charge in [0.25, 0.3) is 0 Å². The number of ether oxygens (including phenoxy) is 1. The number of carboxylic acids is 2. The molecule has 6 N–H and O–H groups in total. The average molecular weight is 839 g/mol. The van der Waals surface area contributed by atoms with Crippen LogP contribution in [0, 0.1) is 3.83 Å². The maximum absolute atomic E-state index is 12.9. The average Bonchev–Trinajstić information content (AvgIpc) is 3.50. The monoisotopic (exact) mass is 838 g/mol. The molecule has 0 spiro atoms. The fraction of sp³-hybridized carbons (Fsp3) is 0.529. The number of halogens is 1. The summed E-state index contributed by atoms with van der Waals surface area (Å²) >= 11 is 3.03. The number of aromatic nitrogens is 3. The first-order valence-corrected chi connectivity index (χ1v) is 19.1. The lowest BCUT2D eigenvalue weighted by atomic mass is 10.1. The number of nitrogens with one attached hydrogen (secondary N) is 2. The maximum atomic E-state index is 12.9. The third-order valence-electron chi connectivity index (χ3n) is 8.56. The van der Waals surface area contributed by atoms with Crippen molar-refractivity contribution in [2.75, 3.05) is 57.4 Å². The Bertz CT molecular complexity index is 1670. The van der Waals surface area contributed by atoms with Crippen molar-refractivity contribution in [2.24, 2.45) is 5.73 Å². The minimum absolute atomic E-state index is 0.0482. The number of thioether (sulfide) groups is 1. The van der Waals surface area contributed by atoms with Crippen LogP contribution in [0.3, 0.4) is 0 Å². The smallest absolute Gasteiger partial charge is 0.321 e. The molecule has 0 aliphatic carbocycles. The highest BCUT2D eigenvalue weighted by Crippen LogP contribution is 2.27. The number of nitrogens with two attached hydrogens (primary N) is 1. The van der Waals surface area contributed by atoms with E-state index in [9.17, 15) is 19.2 Å². The normalized spacial score (nSPS) is 14.6. The van der Waals surface area contributed by atoms with Crippen LogP contribution in [0.25, 0.3) is 11.0 Å². The molecule has 0 radical (unpaired) electrons. The number of carboxylic acid groups (broad SMARTS) is 2. The Labute approximate surface area is 315 Å². The summed E-state index contributed by atoms with van der Waals surface area (Å²) in [5.74, 6) is -1.58. The topological polar surface area (TPSA) is 205 Å². The number of fused-ring (bicyclic) bond motifs is 1. The van der Waals surface area contributed by atoms with Gasteiger partial charge in [0.1, 0.15) is 17.3 Å². The van der Waals surface area contributed by atoms with Crippen molar-refractivity contribution in [1.82, 2.24) is 29.7 Å². The van der Waals surface area contributed by atoms with E-state index >= 15 is 0 Å². The van der Waals surface area contributed by atoms with Crippen molar-refractivity contribution < 1.29 is 34.1 Å².